The number of sulfonamides is 1. The van der Waals surface area contributed by atoms with E-state index in [1.807, 2.05) is 71.5 Å². The van der Waals surface area contributed by atoms with Crippen molar-refractivity contribution in [2.45, 2.75) is 18.0 Å². The molecule has 1 N–H and O–H groups in total. The van der Waals surface area contributed by atoms with E-state index < -0.39 is 10.0 Å². The van der Waals surface area contributed by atoms with Gasteiger partial charge in [0.25, 0.3) is 0 Å². The molecule has 0 aliphatic rings. The van der Waals surface area contributed by atoms with Gasteiger partial charge in [0.2, 0.25) is 10.0 Å². The van der Waals surface area contributed by atoms with Crippen LogP contribution in [0, 0.1) is 0 Å². The molecule has 0 unspecified atom stereocenters. The number of aromatic nitrogens is 3. The maximum Gasteiger partial charge on any atom is 0.242 e. The first-order valence-electron chi connectivity index (χ1n) is 9.28. The van der Waals surface area contributed by atoms with Crippen LogP contribution in [0.2, 0.25) is 5.15 Å². The molecule has 30 heavy (non-hydrogen) atoms. The molecule has 6 nitrogen and oxygen atoms in total. The quantitative estimate of drug-likeness (QED) is 0.440. The van der Waals surface area contributed by atoms with Crippen molar-refractivity contribution in [3.63, 3.8) is 0 Å². The molecule has 0 amide bonds. The van der Waals surface area contributed by atoms with Crippen molar-refractivity contribution in [1.82, 2.24) is 19.5 Å². The number of nitrogens with one attached hydrogen (secondary N) is 1. The van der Waals surface area contributed by atoms with Crippen LogP contribution < -0.4 is 4.72 Å². The number of benzene rings is 2. The summed E-state index contributed by atoms with van der Waals surface area (Å²) < 4.78 is 29.7. The van der Waals surface area contributed by atoms with Gasteiger partial charge in [-0.25, -0.2) is 18.1 Å². The molecular formula is C22H19ClN4O2S. The zero-order valence-corrected chi connectivity index (χ0v) is 17.5. The summed E-state index contributed by atoms with van der Waals surface area (Å²) in [5.74, 6) is 0. The Morgan fingerprint density at radius 1 is 0.933 bits per heavy atom. The second kappa shape index (κ2) is 8.79. The average Bonchev–Trinajstić information content (AvgIpc) is 3.17. The minimum atomic E-state index is -3.73. The van der Waals surface area contributed by atoms with E-state index in [0.717, 1.165) is 22.4 Å². The second-order valence-corrected chi connectivity index (χ2v) is 8.85. The number of rotatable bonds is 7. The molecule has 4 rings (SSSR count). The number of hydrogen-bond acceptors (Lipinski definition) is 4. The van der Waals surface area contributed by atoms with E-state index in [0.29, 0.717) is 6.54 Å². The van der Waals surface area contributed by atoms with Gasteiger partial charge < -0.3 is 0 Å². The van der Waals surface area contributed by atoms with E-state index >= 15 is 0 Å². The van der Waals surface area contributed by atoms with Gasteiger partial charge in [0.15, 0.2) is 0 Å². The third kappa shape index (κ3) is 4.76. The Hall–Kier alpha value is -3.00. The highest BCUT2D eigenvalue weighted by Crippen LogP contribution is 2.23. The second-order valence-electron chi connectivity index (χ2n) is 6.69. The smallest absolute Gasteiger partial charge is 0.242 e. The molecule has 2 aromatic heterocycles. The standard InChI is InChI=1S/C22H19ClN4O2S/c23-21-12-11-20(14-24-21)30(28,29)25-13-19-16-27(15-17-7-3-1-4-8-17)26-22(19)18-9-5-2-6-10-18/h1-12,14,16,25H,13,15H2. The summed E-state index contributed by atoms with van der Waals surface area (Å²) in [5, 5.41) is 4.95. The number of nitrogens with zero attached hydrogens (tertiary/aromatic N) is 3. The van der Waals surface area contributed by atoms with Gasteiger partial charge in [-0.05, 0) is 17.7 Å². The summed E-state index contributed by atoms with van der Waals surface area (Å²) in [6.07, 6.45) is 3.11. The summed E-state index contributed by atoms with van der Waals surface area (Å²) in [6, 6.07) is 22.6. The molecule has 0 atom stereocenters. The molecule has 0 radical (unpaired) electrons. The fourth-order valence-electron chi connectivity index (χ4n) is 3.06. The van der Waals surface area contributed by atoms with Gasteiger partial charge in [-0.1, -0.05) is 72.3 Å². The van der Waals surface area contributed by atoms with Crippen LogP contribution in [0.25, 0.3) is 11.3 Å². The Bertz CT molecular complexity index is 1230. The lowest BCUT2D eigenvalue weighted by Crippen LogP contribution is -2.23. The molecule has 0 fully saturated rings. The molecule has 0 spiro atoms. The predicted octanol–water partition coefficient (Wildman–Crippen LogP) is 4.13. The van der Waals surface area contributed by atoms with E-state index in [1.165, 1.54) is 18.3 Å². The first-order chi connectivity index (χ1) is 14.5. The number of pyridine rings is 1. The van der Waals surface area contributed by atoms with E-state index in [1.54, 1.807) is 0 Å². The zero-order chi connectivity index (χ0) is 21.0. The molecule has 0 aliphatic carbocycles. The molecule has 152 valence electrons. The van der Waals surface area contributed by atoms with Crippen molar-refractivity contribution >= 4 is 21.6 Å². The summed E-state index contributed by atoms with van der Waals surface area (Å²) in [4.78, 5) is 3.91. The Kier molecular flexibility index (Phi) is 5.94. The van der Waals surface area contributed by atoms with Crippen LogP contribution >= 0.6 is 11.6 Å². The topological polar surface area (TPSA) is 76.9 Å². The highest BCUT2D eigenvalue weighted by atomic mass is 35.5. The summed E-state index contributed by atoms with van der Waals surface area (Å²) in [7, 11) is -3.73. The molecule has 2 aromatic carbocycles. The average molecular weight is 439 g/mol. The SMILES string of the molecule is O=S(=O)(NCc1cn(Cc2ccccc2)nc1-c1ccccc1)c1ccc(Cl)nc1. The van der Waals surface area contributed by atoms with Gasteiger partial charge in [-0.3, -0.25) is 4.68 Å². The minimum absolute atomic E-state index is 0.0600. The maximum absolute atomic E-state index is 12.6. The highest BCUT2D eigenvalue weighted by molar-refractivity contribution is 7.89. The fourth-order valence-corrected chi connectivity index (χ4v) is 4.12. The first-order valence-corrected chi connectivity index (χ1v) is 11.1. The number of hydrogen-bond donors (Lipinski definition) is 1. The van der Waals surface area contributed by atoms with Crippen molar-refractivity contribution in [2.75, 3.05) is 0 Å². The molecule has 2 heterocycles. The zero-order valence-electron chi connectivity index (χ0n) is 15.9. The molecule has 0 saturated carbocycles. The van der Waals surface area contributed by atoms with Crippen molar-refractivity contribution in [3.8, 4) is 11.3 Å². The lowest BCUT2D eigenvalue weighted by Gasteiger charge is -2.07. The van der Waals surface area contributed by atoms with Crippen LogP contribution in [-0.2, 0) is 23.1 Å². The highest BCUT2D eigenvalue weighted by Gasteiger charge is 2.17. The van der Waals surface area contributed by atoms with E-state index in [4.69, 9.17) is 16.7 Å². The van der Waals surface area contributed by atoms with E-state index in [-0.39, 0.29) is 16.6 Å². The summed E-state index contributed by atoms with van der Waals surface area (Å²) >= 11 is 5.76. The van der Waals surface area contributed by atoms with Gasteiger partial charge >= 0.3 is 0 Å². The molecule has 4 aromatic rings. The van der Waals surface area contributed by atoms with E-state index in [9.17, 15) is 8.42 Å². The molecule has 0 aliphatic heterocycles. The molecule has 0 bridgehead atoms. The van der Waals surface area contributed by atoms with Crippen LogP contribution in [0.4, 0.5) is 0 Å². The van der Waals surface area contributed by atoms with Gasteiger partial charge in [-0.15, -0.1) is 0 Å². The predicted molar refractivity (Wildman–Crippen MR) is 116 cm³/mol. The van der Waals surface area contributed by atoms with E-state index in [2.05, 4.69) is 9.71 Å². The molecular weight excluding hydrogens is 420 g/mol. The van der Waals surface area contributed by atoms with Gasteiger partial charge in [-0.2, -0.15) is 5.10 Å². The summed E-state index contributed by atoms with van der Waals surface area (Å²) in [5.41, 5.74) is 3.55. The maximum atomic E-state index is 12.6. The lowest BCUT2D eigenvalue weighted by atomic mass is 10.1. The third-order valence-electron chi connectivity index (χ3n) is 4.54. The number of halogens is 1. The van der Waals surface area contributed by atoms with Crippen LogP contribution in [0.3, 0.4) is 0 Å². The Morgan fingerprint density at radius 2 is 1.63 bits per heavy atom. The van der Waals surface area contributed by atoms with Crippen molar-refractivity contribution in [1.29, 1.82) is 0 Å². The van der Waals surface area contributed by atoms with Crippen LogP contribution in [0.1, 0.15) is 11.1 Å². The summed E-state index contributed by atoms with van der Waals surface area (Å²) in [6.45, 7) is 0.693. The van der Waals surface area contributed by atoms with Gasteiger partial charge in [0, 0.05) is 30.1 Å². The normalized spacial score (nSPS) is 11.5. The van der Waals surface area contributed by atoms with Crippen molar-refractivity contribution < 1.29 is 8.42 Å². The van der Waals surface area contributed by atoms with Crippen LogP contribution in [0.5, 0.6) is 0 Å². The van der Waals surface area contributed by atoms with Gasteiger partial charge in [0.1, 0.15) is 10.0 Å². The van der Waals surface area contributed by atoms with Crippen LogP contribution in [-0.4, -0.2) is 23.2 Å². The Labute approximate surface area is 180 Å². The van der Waals surface area contributed by atoms with Gasteiger partial charge in [0.05, 0.1) is 12.2 Å². The minimum Gasteiger partial charge on any atom is -0.267 e. The third-order valence-corrected chi connectivity index (χ3v) is 6.15. The Morgan fingerprint density at radius 3 is 2.30 bits per heavy atom. The molecule has 8 heteroatoms. The molecule has 0 saturated heterocycles. The largest absolute Gasteiger partial charge is 0.267 e. The first kappa shape index (κ1) is 20.3. The lowest BCUT2D eigenvalue weighted by molar-refractivity contribution is 0.581. The monoisotopic (exact) mass is 438 g/mol. The van der Waals surface area contributed by atoms with Crippen LogP contribution in [0.15, 0.2) is 90.1 Å². The van der Waals surface area contributed by atoms with Crippen molar-refractivity contribution in [3.05, 3.63) is 101 Å². The van der Waals surface area contributed by atoms with Crippen molar-refractivity contribution in [2.24, 2.45) is 0 Å². The Balaban J connectivity index is 1.61. The fraction of sp³-hybridized carbons (Fsp3) is 0.0909.